The summed E-state index contributed by atoms with van der Waals surface area (Å²) in [7, 11) is 0. The smallest absolute Gasteiger partial charge is 0.130 e. The summed E-state index contributed by atoms with van der Waals surface area (Å²) in [4.78, 5) is 7.20. The van der Waals surface area contributed by atoms with Crippen LogP contribution in [0.1, 0.15) is 49.9 Å². The van der Waals surface area contributed by atoms with Crippen LogP contribution in [0.4, 0.5) is 11.4 Å². The van der Waals surface area contributed by atoms with Gasteiger partial charge in [-0.25, -0.2) is 0 Å². The van der Waals surface area contributed by atoms with Gasteiger partial charge in [-0.3, -0.25) is 4.99 Å². The lowest BCUT2D eigenvalue weighted by atomic mass is 9.87. The second-order valence-corrected chi connectivity index (χ2v) is 9.07. The van der Waals surface area contributed by atoms with Crippen molar-refractivity contribution in [2.24, 2.45) is 4.99 Å². The van der Waals surface area contributed by atoms with Crippen molar-refractivity contribution in [1.29, 1.82) is 0 Å². The number of nitrogens with zero attached hydrogens (tertiary/aromatic N) is 2. The monoisotopic (exact) mass is 424 g/mol. The molecule has 4 rings (SSSR count). The molecule has 1 heterocycles. The highest BCUT2D eigenvalue weighted by atomic mass is 16.5. The van der Waals surface area contributed by atoms with E-state index in [0.29, 0.717) is 0 Å². The van der Waals surface area contributed by atoms with Crippen LogP contribution < -0.4 is 9.64 Å². The van der Waals surface area contributed by atoms with Crippen molar-refractivity contribution in [3.63, 3.8) is 0 Å². The number of anilines is 1. The van der Waals surface area contributed by atoms with Crippen molar-refractivity contribution in [2.45, 2.75) is 47.1 Å². The van der Waals surface area contributed by atoms with Crippen molar-refractivity contribution < 1.29 is 4.74 Å². The average Bonchev–Trinajstić information content (AvgIpc) is 2.75. The molecular weight excluding hydrogens is 392 g/mol. The average molecular weight is 425 g/mol. The zero-order chi connectivity index (χ0) is 22.9. The Hall–Kier alpha value is -3.33. The van der Waals surface area contributed by atoms with Crippen molar-refractivity contribution in [2.75, 3.05) is 11.4 Å². The molecule has 0 bridgehead atoms. The van der Waals surface area contributed by atoms with E-state index in [0.717, 1.165) is 34.9 Å². The van der Waals surface area contributed by atoms with Crippen LogP contribution in [0.2, 0.25) is 0 Å². The Labute approximate surface area is 192 Å². The molecule has 1 aliphatic rings. The van der Waals surface area contributed by atoms with E-state index in [2.05, 4.69) is 57.7 Å². The summed E-state index contributed by atoms with van der Waals surface area (Å²) in [5.41, 5.74) is 8.35. The third-order valence-electron chi connectivity index (χ3n) is 6.19. The number of benzene rings is 3. The minimum Gasteiger partial charge on any atom is -0.457 e. The molecule has 3 nitrogen and oxygen atoms in total. The van der Waals surface area contributed by atoms with E-state index in [1.165, 1.54) is 22.4 Å². The van der Waals surface area contributed by atoms with Gasteiger partial charge in [-0.05, 0) is 106 Å². The fourth-order valence-corrected chi connectivity index (χ4v) is 4.50. The molecule has 0 amide bonds. The molecule has 3 heteroatoms. The molecule has 0 N–H and O–H groups in total. The molecule has 0 saturated heterocycles. The number of para-hydroxylation sites is 1. The lowest BCUT2D eigenvalue weighted by Crippen LogP contribution is -2.45. The highest BCUT2D eigenvalue weighted by Gasteiger charge is 2.30. The first-order valence-corrected chi connectivity index (χ1v) is 11.3. The predicted octanol–water partition coefficient (Wildman–Crippen LogP) is 7.87. The van der Waals surface area contributed by atoms with Gasteiger partial charge in [0.25, 0.3) is 0 Å². The van der Waals surface area contributed by atoms with Crippen molar-refractivity contribution in [1.82, 2.24) is 0 Å². The summed E-state index contributed by atoms with van der Waals surface area (Å²) in [5, 5.41) is 0. The Morgan fingerprint density at radius 3 is 2.34 bits per heavy atom. The Morgan fingerprint density at radius 2 is 1.66 bits per heavy atom. The molecule has 0 spiro atoms. The van der Waals surface area contributed by atoms with Gasteiger partial charge in [-0.15, -0.1) is 0 Å². The quantitative estimate of drug-likeness (QED) is 0.389. The van der Waals surface area contributed by atoms with Gasteiger partial charge in [0.15, 0.2) is 0 Å². The highest BCUT2D eigenvalue weighted by Crippen LogP contribution is 2.40. The van der Waals surface area contributed by atoms with Crippen LogP contribution in [-0.2, 0) is 0 Å². The number of rotatable bonds is 5. The van der Waals surface area contributed by atoms with Crippen LogP contribution in [0.25, 0.3) is 5.57 Å². The van der Waals surface area contributed by atoms with E-state index >= 15 is 0 Å². The third-order valence-corrected chi connectivity index (χ3v) is 6.19. The summed E-state index contributed by atoms with van der Waals surface area (Å²) in [5.74, 6) is 1.69. The summed E-state index contributed by atoms with van der Waals surface area (Å²) in [6.07, 6.45) is 4.33. The lowest BCUT2D eigenvalue weighted by molar-refractivity contribution is 0.479. The molecule has 32 heavy (non-hydrogen) atoms. The van der Waals surface area contributed by atoms with Crippen molar-refractivity contribution >= 4 is 23.2 Å². The molecule has 0 atom stereocenters. The van der Waals surface area contributed by atoms with Crippen LogP contribution in [0.3, 0.4) is 0 Å². The van der Waals surface area contributed by atoms with E-state index in [1.54, 1.807) is 0 Å². The first-order chi connectivity index (χ1) is 15.3. The second-order valence-electron chi connectivity index (χ2n) is 9.07. The summed E-state index contributed by atoms with van der Waals surface area (Å²) in [6, 6.07) is 20.5. The summed E-state index contributed by atoms with van der Waals surface area (Å²) < 4.78 is 5.99. The van der Waals surface area contributed by atoms with Gasteiger partial charge in [0.1, 0.15) is 11.5 Å². The van der Waals surface area contributed by atoms with Crippen LogP contribution >= 0.6 is 0 Å². The summed E-state index contributed by atoms with van der Waals surface area (Å²) >= 11 is 0. The number of ether oxygens (including phenoxy) is 1. The Morgan fingerprint density at radius 1 is 0.938 bits per heavy atom. The SMILES string of the molecule is CCN1c2cc(C)c(C=Nc3ccc(Oc4ccccc4C)cc3)cc2C(C)=CC1(C)C. The molecule has 0 unspecified atom stereocenters. The zero-order valence-corrected chi connectivity index (χ0v) is 19.9. The topological polar surface area (TPSA) is 24.8 Å². The minimum absolute atomic E-state index is 0.0238. The van der Waals surface area contributed by atoms with Gasteiger partial charge in [0.05, 0.1) is 11.2 Å². The number of allylic oxidation sites excluding steroid dienone is 1. The number of likely N-dealkylation sites (N-methyl/N-ethyl adjacent to an activating group) is 1. The number of hydrogen-bond donors (Lipinski definition) is 0. The zero-order valence-electron chi connectivity index (χ0n) is 19.9. The van der Waals surface area contributed by atoms with Crippen molar-refractivity contribution in [3.8, 4) is 11.5 Å². The molecule has 164 valence electrons. The van der Waals surface area contributed by atoms with E-state index in [9.17, 15) is 0 Å². The Balaban J connectivity index is 1.56. The maximum absolute atomic E-state index is 5.99. The molecule has 0 aromatic heterocycles. The van der Waals surface area contributed by atoms with Gasteiger partial charge in [0.2, 0.25) is 0 Å². The molecule has 0 aliphatic carbocycles. The fraction of sp³-hybridized carbons (Fsp3) is 0.276. The molecule has 0 saturated carbocycles. The second kappa shape index (κ2) is 8.66. The molecular formula is C29H32N2O. The number of hydrogen-bond acceptors (Lipinski definition) is 3. The van der Waals surface area contributed by atoms with Gasteiger partial charge in [-0.2, -0.15) is 0 Å². The normalized spacial score (nSPS) is 14.9. The van der Waals surface area contributed by atoms with Crippen LogP contribution in [0, 0.1) is 13.8 Å². The van der Waals surface area contributed by atoms with E-state index in [4.69, 9.17) is 9.73 Å². The van der Waals surface area contributed by atoms with Gasteiger partial charge in [-0.1, -0.05) is 24.3 Å². The van der Waals surface area contributed by atoms with Crippen molar-refractivity contribution in [3.05, 3.63) is 89.0 Å². The summed E-state index contributed by atoms with van der Waals surface area (Å²) in [6.45, 7) is 14.2. The predicted molar refractivity (Wildman–Crippen MR) is 137 cm³/mol. The highest BCUT2D eigenvalue weighted by molar-refractivity contribution is 5.90. The van der Waals surface area contributed by atoms with Gasteiger partial charge >= 0.3 is 0 Å². The maximum atomic E-state index is 5.99. The lowest BCUT2D eigenvalue weighted by Gasteiger charge is -2.43. The molecule has 3 aromatic rings. The van der Waals surface area contributed by atoms with E-state index in [-0.39, 0.29) is 5.54 Å². The maximum Gasteiger partial charge on any atom is 0.130 e. The largest absolute Gasteiger partial charge is 0.457 e. The first-order valence-electron chi connectivity index (χ1n) is 11.3. The van der Waals surface area contributed by atoms with Gasteiger partial charge in [0, 0.05) is 24.0 Å². The van der Waals surface area contributed by atoms with E-state index in [1.807, 2.05) is 61.7 Å². The standard InChI is InChI=1S/C29H32N2O/c1-7-31-27-16-21(3)23(17-26(27)22(4)18-29(31,5)6)19-30-24-12-14-25(15-13-24)32-28-11-9-8-10-20(28)2/h8-19H,7H2,1-6H3. The molecule has 1 aliphatic heterocycles. The first kappa shape index (κ1) is 21.9. The molecule has 0 radical (unpaired) electrons. The number of aryl methyl sites for hydroxylation is 2. The third kappa shape index (κ3) is 4.34. The van der Waals surface area contributed by atoms with Gasteiger partial charge < -0.3 is 9.64 Å². The number of fused-ring (bicyclic) bond motifs is 1. The fourth-order valence-electron chi connectivity index (χ4n) is 4.50. The molecule has 3 aromatic carbocycles. The molecule has 0 fully saturated rings. The van der Waals surface area contributed by atoms with Crippen LogP contribution in [-0.4, -0.2) is 18.3 Å². The van der Waals surface area contributed by atoms with Crippen LogP contribution in [0.5, 0.6) is 11.5 Å². The minimum atomic E-state index is 0.0238. The number of aliphatic imine (C=N–C) groups is 1. The Bertz CT molecular complexity index is 1190. The van der Waals surface area contributed by atoms with Crippen LogP contribution in [0.15, 0.2) is 71.7 Å². The van der Waals surface area contributed by atoms with E-state index < -0.39 is 0 Å². The Kier molecular flexibility index (Phi) is 5.92.